The molecule has 0 aliphatic carbocycles. The van der Waals surface area contributed by atoms with Crippen LogP contribution < -0.4 is 5.32 Å². The highest BCUT2D eigenvalue weighted by Crippen LogP contribution is 2.17. The second-order valence-electron chi connectivity index (χ2n) is 5.74. The molecule has 3 rings (SSSR count). The highest BCUT2D eigenvalue weighted by Gasteiger charge is 2.13. The molecule has 0 saturated carbocycles. The van der Waals surface area contributed by atoms with Gasteiger partial charge in [-0.3, -0.25) is 4.79 Å². The zero-order chi connectivity index (χ0) is 16.9. The van der Waals surface area contributed by atoms with E-state index in [1.807, 2.05) is 30.5 Å². The van der Waals surface area contributed by atoms with Gasteiger partial charge < -0.3 is 15.4 Å². The Morgan fingerprint density at radius 1 is 1.21 bits per heavy atom. The van der Waals surface area contributed by atoms with Gasteiger partial charge in [-0.05, 0) is 41.6 Å². The van der Waals surface area contributed by atoms with Crippen molar-refractivity contribution in [2.75, 3.05) is 6.54 Å². The number of aryl methyl sites for hydroxylation is 1. The van der Waals surface area contributed by atoms with E-state index in [0.29, 0.717) is 12.8 Å². The number of aromatic amines is 1. The van der Waals surface area contributed by atoms with E-state index in [-0.39, 0.29) is 18.0 Å². The highest BCUT2D eigenvalue weighted by atomic mass is 19.1. The minimum Gasteiger partial charge on any atom is -0.386 e. The van der Waals surface area contributed by atoms with Crippen molar-refractivity contribution in [1.29, 1.82) is 0 Å². The lowest BCUT2D eigenvalue weighted by Crippen LogP contribution is -2.28. The van der Waals surface area contributed by atoms with Crippen molar-refractivity contribution in [2.24, 2.45) is 0 Å². The number of carbonyl (C=O) groups is 1. The van der Waals surface area contributed by atoms with Crippen molar-refractivity contribution in [3.05, 3.63) is 71.7 Å². The summed E-state index contributed by atoms with van der Waals surface area (Å²) in [5, 5.41) is 13.7. The molecule has 24 heavy (non-hydrogen) atoms. The van der Waals surface area contributed by atoms with Crippen LogP contribution in [-0.2, 0) is 11.2 Å². The van der Waals surface area contributed by atoms with Gasteiger partial charge >= 0.3 is 0 Å². The molecule has 3 aromatic rings. The fraction of sp³-hybridized carbons (Fsp3) is 0.211. The summed E-state index contributed by atoms with van der Waals surface area (Å²) in [7, 11) is 0. The van der Waals surface area contributed by atoms with Crippen LogP contribution in [0.4, 0.5) is 4.39 Å². The minimum absolute atomic E-state index is 0.00336. The van der Waals surface area contributed by atoms with Crippen molar-refractivity contribution in [3.63, 3.8) is 0 Å². The van der Waals surface area contributed by atoms with Gasteiger partial charge in [0, 0.05) is 30.2 Å². The van der Waals surface area contributed by atoms with Gasteiger partial charge in [-0.1, -0.05) is 24.3 Å². The van der Waals surface area contributed by atoms with Crippen LogP contribution in [0.1, 0.15) is 23.7 Å². The number of aliphatic hydroxyl groups is 1. The molecular weight excluding hydrogens is 307 g/mol. The number of amides is 1. The molecule has 1 unspecified atom stereocenters. The van der Waals surface area contributed by atoms with E-state index in [2.05, 4.69) is 10.3 Å². The normalized spacial score (nSPS) is 12.2. The number of aliphatic hydroxyl groups excluding tert-OH is 1. The number of fused-ring (bicyclic) bond motifs is 1. The summed E-state index contributed by atoms with van der Waals surface area (Å²) in [5.41, 5.74) is 2.33. The van der Waals surface area contributed by atoms with Gasteiger partial charge in [0.15, 0.2) is 0 Å². The standard InChI is InChI=1S/C19H19FN2O2/c20-16-4-2-1-3-15(16)18(23)12-22-19(24)8-6-13-5-7-17-14(11-13)9-10-21-17/h1-5,7,9-11,18,21,23H,6,8,12H2,(H,22,24). The third-order valence-corrected chi connectivity index (χ3v) is 4.02. The molecule has 5 heteroatoms. The lowest BCUT2D eigenvalue weighted by molar-refractivity contribution is -0.121. The maximum atomic E-state index is 13.6. The predicted octanol–water partition coefficient (Wildman–Crippen LogP) is 3.09. The molecule has 0 aliphatic heterocycles. The minimum atomic E-state index is -1.05. The van der Waals surface area contributed by atoms with Crippen LogP contribution in [0.2, 0.25) is 0 Å². The van der Waals surface area contributed by atoms with E-state index in [1.54, 1.807) is 12.1 Å². The molecule has 2 aromatic carbocycles. The average Bonchev–Trinajstić information content (AvgIpc) is 3.06. The fourth-order valence-corrected chi connectivity index (χ4v) is 2.67. The first-order valence-corrected chi connectivity index (χ1v) is 7.88. The Kier molecular flexibility index (Phi) is 4.91. The van der Waals surface area contributed by atoms with Crippen LogP contribution in [0.3, 0.4) is 0 Å². The number of hydrogen-bond acceptors (Lipinski definition) is 2. The molecule has 1 atom stereocenters. The summed E-state index contributed by atoms with van der Waals surface area (Å²) >= 11 is 0. The Bertz CT molecular complexity index is 844. The quantitative estimate of drug-likeness (QED) is 0.652. The second kappa shape index (κ2) is 7.27. The van der Waals surface area contributed by atoms with Crippen LogP contribution in [0, 0.1) is 5.82 Å². The molecule has 0 fully saturated rings. The molecular formula is C19H19FN2O2. The van der Waals surface area contributed by atoms with Crippen LogP contribution >= 0.6 is 0 Å². The average molecular weight is 326 g/mol. The Labute approximate surface area is 139 Å². The Morgan fingerprint density at radius 3 is 2.88 bits per heavy atom. The smallest absolute Gasteiger partial charge is 0.220 e. The molecule has 0 aliphatic rings. The van der Waals surface area contributed by atoms with Gasteiger partial charge in [0.2, 0.25) is 5.91 Å². The Hall–Kier alpha value is -2.66. The molecule has 0 radical (unpaired) electrons. The van der Waals surface area contributed by atoms with Gasteiger partial charge in [0.1, 0.15) is 5.82 Å². The summed E-state index contributed by atoms with van der Waals surface area (Å²) in [6.07, 6.45) is 1.76. The molecule has 1 amide bonds. The first-order chi connectivity index (χ1) is 11.6. The zero-order valence-corrected chi connectivity index (χ0v) is 13.1. The van der Waals surface area contributed by atoms with Crippen molar-refractivity contribution in [2.45, 2.75) is 18.9 Å². The molecule has 124 valence electrons. The van der Waals surface area contributed by atoms with E-state index in [4.69, 9.17) is 0 Å². The van der Waals surface area contributed by atoms with Gasteiger partial charge in [-0.25, -0.2) is 4.39 Å². The molecule has 1 heterocycles. The van der Waals surface area contributed by atoms with Crippen LogP contribution in [0.5, 0.6) is 0 Å². The van der Waals surface area contributed by atoms with Crippen molar-refractivity contribution in [3.8, 4) is 0 Å². The van der Waals surface area contributed by atoms with Crippen molar-refractivity contribution in [1.82, 2.24) is 10.3 Å². The van der Waals surface area contributed by atoms with Gasteiger partial charge in [-0.15, -0.1) is 0 Å². The van der Waals surface area contributed by atoms with E-state index in [1.165, 1.54) is 12.1 Å². The molecule has 1 aromatic heterocycles. The molecule has 4 nitrogen and oxygen atoms in total. The molecule has 3 N–H and O–H groups in total. The molecule has 0 spiro atoms. The van der Waals surface area contributed by atoms with Gasteiger partial charge in [0.25, 0.3) is 0 Å². The lowest BCUT2D eigenvalue weighted by atomic mass is 10.1. The highest BCUT2D eigenvalue weighted by molar-refractivity contribution is 5.80. The largest absolute Gasteiger partial charge is 0.386 e. The van der Waals surface area contributed by atoms with E-state index >= 15 is 0 Å². The maximum Gasteiger partial charge on any atom is 0.220 e. The summed E-state index contributed by atoms with van der Waals surface area (Å²) in [4.78, 5) is 15.1. The lowest BCUT2D eigenvalue weighted by Gasteiger charge is -2.13. The zero-order valence-electron chi connectivity index (χ0n) is 13.1. The number of carbonyl (C=O) groups excluding carboxylic acids is 1. The Balaban J connectivity index is 1.49. The Morgan fingerprint density at radius 2 is 2.04 bits per heavy atom. The first kappa shape index (κ1) is 16.2. The summed E-state index contributed by atoms with van der Waals surface area (Å²) in [6, 6.07) is 14.0. The summed E-state index contributed by atoms with van der Waals surface area (Å²) in [6.45, 7) is -0.00336. The van der Waals surface area contributed by atoms with E-state index in [9.17, 15) is 14.3 Å². The van der Waals surface area contributed by atoms with Gasteiger partial charge in [-0.2, -0.15) is 0 Å². The SMILES string of the molecule is O=C(CCc1ccc2[nH]ccc2c1)NCC(O)c1ccccc1F. The number of rotatable bonds is 6. The number of halogens is 1. The number of hydrogen-bond donors (Lipinski definition) is 3. The van der Waals surface area contributed by atoms with Crippen LogP contribution in [0.15, 0.2) is 54.7 Å². The monoisotopic (exact) mass is 326 g/mol. The third-order valence-electron chi connectivity index (χ3n) is 4.02. The number of H-pyrrole nitrogens is 1. The third kappa shape index (κ3) is 3.81. The second-order valence-corrected chi connectivity index (χ2v) is 5.74. The van der Waals surface area contributed by atoms with Gasteiger partial charge in [0.05, 0.1) is 6.10 Å². The number of benzene rings is 2. The number of nitrogens with one attached hydrogen (secondary N) is 2. The first-order valence-electron chi connectivity index (χ1n) is 7.88. The molecule has 0 saturated heterocycles. The van der Waals surface area contributed by atoms with E-state index in [0.717, 1.165) is 16.5 Å². The predicted molar refractivity (Wildman–Crippen MR) is 91.0 cm³/mol. The topological polar surface area (TPSA) is 65.1 Å². The van der Waals surface area contributed by atoms with Crippen molar-refractivity contribution >= 4 is 16.8 Å². The molecule has 0 bridgehead atoms. The number of aromatic nitrogens is 1. The van der Waals surface area contributed by atoms with E-state index < -0.39 is 11.9 Å². The van der Waals surface area contributed by atoms with Crippen molar-refractivity contribution < 1.29 is 14.3 Å². The van der Waals surface area contributed by atoms with Crippen LogP contribution in [-0.4, -0.2) is 22.5 Å². The maximum absolute atomic E-state index is 13.6. The summed E-state index contributed by atoms with van der Waals surface area (Å²) < 4.78 is 13.6. The fourth-order valence-electron chi connectivity index (χ4n) is 2.67. The summed E-state index contributed by atoms with van der Waals surface area (Å²) in [5.74, 6) is -0.640. The van der Waals surface area contributed by atoms with Crippen LogP contribution in [0.25, 0.3) is 10.9 Å².